The fraction of sp³-hybridized carbons (Fsp3) is 0.200. The van der Waals surface area contributed by atoms with E-state index in [0.717, 1.165) is 23.3 Å². The van der Waals surface area contributed by atoms with Crippen molar-refractivity contribution in [3.05, 3.63) is 106 Å². The van der Waals surface area contributed by atoms with E-state index in [0.29, 0.717) is 36.6 Å². The first-order chi connectivity index (χ1) is 16.8. The molecule has 0 amide bonds. The van der Waals surface area contributed by atoms with E-state index in [1.165, 1.54) is 18.5 Å². The smallest absolute Gasteiger partial charge is 0.416 e. The van der Waals surface area contributed by atoms with Crippen molar-refractivity contribution in [1.82, 2.24) is 19.9 Å². The summed E-state index contributed by atoms with van der Waals surface area (Å²) >= 11 is 0. The minimum atomic E-state index is -4.43. The number of ether oxygens (including phenoxy) is 1. The quantitative estimate of drug-likeness (QED) is 0.395. The van der Waals surface area contributed by atoms with Crippen molar-refractivity contribution in [3.8, 4) is 11.5 Å². The number of nitrogens with zero attached hydrogens (tertiary/aromatic N) is 4. The molecular weight excluding hydrogens is 459 g/mol. The lowest BCUT2D eigenvalue weighted by atomic mass is 10.1. The van der Waals surface area contributed by atoms with Crippen LogP contribution < -0.4 is 15.2 Å². The predicted molar refractivity (Wildman–Crippen MR) is 125 cm³/mol. The van der Waals surface area contributed by atoms with E-state index in [9.17, 15) is 18.0 Å². The molecule has 0 saturated carbocycles. The van der Waals surface area contributed by atoms with Gasteiger partial charge in [-0.1, -0.05) is 18.2 Å². The van der Waals surface area contributed by atoms with Crippen LogP contribution in [-0.4, -0.2) is 33.5 Å². The van der Waals surface area contributed by atoms with Gasteiger partial charge < -0.3 is 9.64 Å². The number of rotatable bonds is 8. The number of aromatic amines is 1. The minimum Gasteiger partial charge on any atom is -0.457 e. The molecule has 0 aliphatic heterocycles. The number of benzene rings is 2. The maximum Gasteiger partial charge on any atom is 0.416 e. The number of anilines is 1. The van der Waals surface area contributed by atoms with Gasteiger partial charge in [-0.15, -0.1) is 0 Å². The van der Waals surface area contributed by atoms with Crippen LogP contribution in [0.4, 0.5) is 19.1 Å². The van der Waals surface area contributed by atoms with E-state index in [4.69, 9.17) is 4.74 Å². The molecule has 0 bridgehead atoms. The molecule has 180 valence electrons. The SMILES string of the molecule is CN(CCc1ccc(Oc2cccc(C(F)(F)F)c2)cc1)c1ncc(Cc2cncnc2)c(=O)[nH]1. The van der Waals surface area contributed by atoms with Gasteiger partial charge in [0, 0.05) is 44.2 Å². The van der Waals surface area contributed by atoms with E-state index < -0.39 is 11.7 Å². The third-order valence-corrected chi connectivity index (χ3v) is 5.29. The Morgan fingerprint density at radius 2 is 1.71 bits per heavy atom. The Bertz CT molecular complexity index is 1330. The second-order valence-corrected chi connectivity index (χ2v) is 7.93. The Kier molecular flexibility index (Phi) is 7.09. The van der Waals surface area contributed by atoms with Gasteiger partial charge in [-0.05, 0) is 47.9 Å². The van der Waals surface area contributed by atoms with Gasteiger partial charge >= 0.3 is 6.18 Å². The zero-order chi connectivity index (χ0) is 24.8. The molecule has 2 heterocycles. The lowest BCUT2D eigenvalue weighted by Crippen LogP contribution is -2.26. The van der Waals surface area contributed by atoms with E-state index in [1.807, 2.05) is 24.1 Å². The molecular formula is C25H22F3N5O2. The molecule has 0 radical (unpaired) electrons. The number of halogens is 3. The normalized spacial score (nSPS) is 11.3. The first-order valence-electron chi connectivity index (χ1n) is 10.8. The molecule has 1 N–H and O–H groups in total. The minimum absolute atomic E-state index is 0.116. The van der Waals surface area contributed by atoms with E-state index in [2.05, 4.69) is 19.9 Å². The highest BCUT2D eigenvalue weighted by atomic mass is 19.4. The second-order valence-electron chi connectivity index (χ2n) is 7.93. The van der Waals surface area contributed by atoms with E-state index in [-0.39, 0.29) is 11.3 Å². The summed E-state index contributed by atoms with van der Waals surface area (Å²) in [7, 11) is 1.83. The summed E-state index contributed by atoms with van der Waals surface area (Å²) in [5.41, 5.74) is 1.36. The number of H-pyrrole nitrogens is 1. The Balaban J connectivity index is 1.33. The van der Waals surface area contributed by atoms with Crippen LogP contribution in [0, 0.1) is 0 Å². The Hall–Kier alpha value is -4.21. The maximum atomic E-state index is 12.9. The predicted octanol–water partition coefficient (Wildman–Crippen LogP) is 4.64. The number of hydrogen-bond acceptors (Lipinski definition) is 6. The van der Waals surface area contributed by atoms with Crippen LogP contribution >= 0.6 is 0 Å². The zero-order valence-corrected chi connectivity index (χ0v) is 18.8. The maximum absolute atomic E-state index is 12.9. The molecule has 0 aliphatic carbocycles. The molecule has 7 nitrogen and oxygen atoms in total. The molecule has 2 aromatic heterocycles. The highest BCUT2D eigenvalue weighted by Crippen LogP contribution is 2.32. The third kappa shape index (κ3) is 6.44. The largest absolute Gasteiger partial charge is 0.457 e. The van der Waals surface area contributed by atoms with Crippen molar-refractivity contribution in [2.45, 2.75) is 19.0 Å². The molecule has 0 unspecified atom stereocenters. The fourth-order valence-corrected chi connectivity index (χ4v) is 3.37. The van der Waals surface area contributed by atoms with Gasteiger partial charge in [0.1, 0.15) is 17.8 Å². The van der Waals surface area contributed by atoms with Gasteiger partial charge in [0.2, 0.25) is 5.95 Å². The lowest BCUT2D eigenvalue weighted by Gasteiger charge is -2.18. The van der Waals surface area contributed by atoms with E-state index >= 15 is 0 Å². The summed E-state index contributed by atoms with van der Waals surface area (Å²) in [6.45, 7) is 0.586. The number of hydrogen-bond donors (Lipinski definition) is 1. The summed E-state index contributed by atoms with van der Waals surface area (Å²) < 4.78 is 44.2. The molecule has 0 aliphatic rings. The summed E-state index contributed by atoms with van der Waals surface area (Å²) in [5, 5.41) is 0. The number of aromatic nitrogens is 4. The first-order valence-corrected chi connectivity index (χ1v) is 10.8. The summed E-state index contributed by atoms with van der Waals surface area (Å²) in [4.78, 5) is 29.3. The Morgan fingerprint density at radius 3 is 2.40 bits per heavy atom. The number of likely N-dealkylation sites (N-methyl/N-ethyl adjacent to an activating group) is 1. The highest BCUT2D eigenvalue weighted by Gasteiger charge is 2.30. The standard InChI is InChI=1S/C25H22F3N5O2/c1-33(24-31-15-19(23(34)32-24)11-18-13-29-16-30-14-18)10-9-17-5-7-21(8-6-17)35-22-4-2-3-20(12-22)25(26,27)28/h2-8,12-16H,9-11H2,1H3,(H,31,32,34). The highest BCUT2D eigenvalue weighted by molar-refractivity contribution is 5.37. The first kappa shape index (κ1) is 23.9. The molecule has 35 heavy (non-hydrogen) atoms. The monoisotopic (exact) mass is 481 g/mol. The molecule has 0 spiro atoms. The van der Waals surface area contributed by atoms with Crippen molar-refractivity contribution in [2.24, 2.45) is 0 Å². The van der Waals surface area contributed by atoms with Crippen molar-refractivity contribution in [1.29, 1.82) is 0 Å². The van der Waals surface area contributed by atoms with Gasteiger partial charge in [-0.25, -0.2) is 15.0 Å². The van der Waals surface area contributed by atoms with Gasteiger partial charge in [0.25, 0.3) is 5.56 Å². The fourth-order valence-electron chi connectivity index (χ4n) is 3.37. The second kappa shape index (κ2) is 10.4. The van der Waals surface area contributed by atoms with Crippen molar-refractivity contribution >= 4 is 5.95 Å². The van der Waals surface area contributed by atoms with Crippen LogP contribution in [0.3, 0.4) is 0 Å². The molecule has 0 saturated heterocycles. The average Bonchev–Trinajstić information content (AvgIpc) is 2.85. The average molecular weight is 481 g/mol. The molecule has 4 rings (SSSR count). The van der Waals surface area contributed by atoms with Crippen LogP contribution in [-0.2, 0) is 19.0 Å². The van der Waals surface area contributed by atoms with E-state index in [1.54, 1.807) is 30.7 Å². The van der Waals surface area contributed by atoms with Crippen molar-refractivity contribution in [2.75, 3.05) is 18.5 Å². The Labute approximate surface area is 199 Å². The molecule has 10 heteroatoms. The zero-order valence-electron chi connectivity index (χ0n) is 18.8. The Morgan fingerprint density at radius 1 is 0.971 bits per heavy atom. The summed E-state index contributed by atoms with van der Waals surface area (Å²) in [6, 6.07) is 11.9. The van der Waals surface area contributed by atoms with Gasteiger partial charge in [-0.3, -0.25) is 9.78 Å². The number of alkyl halides is 3. The van der Waals surface area contributed by atoms with Gasteiger partial charge in [-0.2, -0.15) is 13.2 Å². The van der Waals surface area contributed by atoms with Crippen LogP contribution in [0.1, 0.15) is 22.3 Å². The van der Waals surface area contributed by atoms with Gasteiger partial charge in [0.05, 0.1) is 5.56 Å². The summed E-state index contributed by atoms with van der Waals surface area (Å²) in [6.07, 6.45) is 2.92. The van der Waals surface area contributed by atoms with Crippen LogP contribution in [0.2, 0.25) is 0 Å². The van der Waals surface area contributed by atoms with Crippen LogP contribution in [0.25, 0.3) is 0 Å². The molecule has 4 aromatic rings. The molecule has 2 aromatic carbocycles. The van der Waals surface area contributed by atoms with Crippen molar-refractivity contribution in [3.63, 3.8) is 0 Å². The molecule has 0 fully saturated rings. The van der Waals surface area contributed by atoms with Crippen molar-refractivity contribution < 1.29 is 17.9 Å². The van der Waals surface area contributed by atoms with Gasteiger partial charge in [0.15, 0.2) is 0 Å². The summed E-state index contributed by atoms with van der Waals surface area (Å²) in [5.74, 6) is 1.00. The van der Waals surface area contributed by atoms with Crippen LogP contribution in [0.5, 0.6) is 11.5 Å². The molecule has 0 atom stereocenters. The third-order valence-electron chi connectivity index (χ3n) is 5.29. The van der Waals surface area contributed by atoms with Crippen LogP contribution in [0.15, 0.2) is 78.2 Å². The lowest BCUT2D eigenvalue weighted by molar-refractivity contribution is -0.137. The number of nitrogens with one attached hydrogen (secondary N) is 1. The topological polar surface area (TPSA) is 84.0 Å².